The van der Waals surface area contributed by atoms with Crippen molar-refractivity contribution in [2.75, 3.05) is 26.8 Å². The third-order valence-electron chi connectivity index (χ3n) is 3.88. The summed E-state index contributed by atoms with van der Waals surface area (Å²) in [6, 6.07) is 3.38. The SMILES string of the molecule is COCCc1noc(CO[C@@H]2CCCN(C(=O)c3ccco3)C2)n1. The van der Waals surface area contributed by atoms with Crippen LogP contribution in [0.2, 0.25) is 0 Å². The molecule has 1 fully saturated rings. The van der Waals surface area contributed by atoms with Gasteiger partial charge in [-0.2, -0.15) is 4.98 Å². The van der Waals surface area contributed by atoms with E-state index in [1.807, 2.05) is 0 Å². The molecule has 1 atom stereocenters. The molecule has 1 aliphatic heterocycles. The fourth-order valence-corrected chi connectivity index (χ4v) is 2.65. The number of furan rings is 1. The summed E-state index contributed by atoms with van der Waals surface area (Å²) < 4.78 is 21.1. The summed E-state index contributed by atoms with van der Waals surface area (Å²) in [6.07, 6.45) is 3.84. The fraction of sp³-hybridized carbons (Fsp3) is 0.562. The Bertz CT molecular complexity index is 640. The Morgan fingerprint density at radius 3 is 3.21 bits per heavy atom. The van der Waals surface area contributed by atoms with Crippen LogP contribution in [-0.4, -0.2) is 53.9 Å². The van der Waals surface area contributed by atoms with Gasteiger partial charge in [0.05, 0.1) is 19.0 Å². The summed E-state index contributed by atoms with van der Waals surface area (Å²) in [6.45, 7) is 2.03. The summed E-state index contributed by atoms with van der Waals surface area (Å²) in [5.74, 6) is 1.30. The number of methoxy groups -OCH3 is 1. The molecule has 8 nitrogen and oxygen atoms in total. The van der Waals surface area contributed by atoms with Crippen LogP contribution in [0.3, 0.4) is 0 Å². The summed E-state index contributed by atoms with van der Waals surface area (Å²) in [5, 5.41) is 3.87. The molecule has 1 aliphatic rings. The van der Waals surface area contributed by atoms with Crippen molar-refractivity contribution in [3.63, 3.8) is 0 Å². The molecule has 0 radical (unpaired) electrons. The summed E-state index contributed by atoms with van der Waals surface area (Å²) in [7, 11) is 1.63. The molecule has 3 rings (SSSR count). The fourth-order valence-electron chi connectivity index (χ4n) is 2.65. The number of hydrogen-bond acceptors (Lipinski definition) is 7. The standard InChI is InChI=1S/C16H21N3O5/c1-21-9-6-14-17-15(24-18-14)11-23-12-4-2-7-19(10-12)16(20)13-5-3-8-22-13/h3,5,8,12H,2,4,6-7,9-11H2,1H3/t12-/m1/s1. The Labute approximate surface area is 139 Å². The van der Waals surface area contributed by atoms with Gasteiger partial charge in [-0.15, -0.1) is 0 Å². The van der Waals surface area contributed by atoms with E-state index in [2.05, 4.69) is 10.1 Å². The highest BCUT2D eigenvalue weighted by Crippen LogP contribution is 2.17. The number of carbonyl (C=O) groups excluding carboxylic acids is 1. The Morgan fingerprint density at radius 1 is 1.50 bits per heavy atom. The van der Waals surface area contributed by atoms with Crippen LogP contribution in [0.25, 0.3) is 0 Å². The van der Waals surface area contributed by atoms with E-state index in [0.29, 0.717) is 43.6 Å². The minimum Gasteiger partial charge on any atom is -0.459 e. The molecule has 1 amide bonds. The first-order chi connectivity index (χ1) is 11.8. The van der Waals surface area contributed by atoms with Crippen LogP contribution in [0.4, 0.5) is 0 Å². The number of nitrogens with zero attached hydrogens (tertiary/aromatic N) is 3. The molecule has 2 aromatic heterocycles. The third-order valence-corrected chi connectivity index (χ3v) is 3.88. The summed E-state index contributed by atoms with van der Waals surface area (Å²) in [4.78, 5) is 18.3. The monoisotopic (exact) mass is 335 g/mol. The molecular formula is C16H21N3O5. The van der Waals surface area contributed by atoms with Gasteiger partial charge >= 0.3 is 0 Å². The van der Waals surface area contributed by atoms with Gasteiger partial charge in [0.1, 0.15) is 6.61 Å². The second-order valence-electron chi connectivity index (χ2n) is 5.65. The number of rotatable bonds is 7. The molecule has 24 heavy (non-hydrogen) atoms. The summed E-state index contributed by atoms with van der Waals surface area (Å²) in [5.41, 5.74) is 0. The van der Waals surface area contributed by atoms with Crippen molar-refractivity contribution in [3.8, 4) is 0 Å². The van der Waals surface area contributed by atoms with Crippen LogP contribution < -0.4 is 0 Å². The lowest BCUT2D eigenvalue weighted by molar-refractivity contribution is -0.0160. The number of aromatic nitrogens is 2. The zero-order valence-corrected chi connectivity index (χ0v) is 13.6. The van der Waals surface area contributed by atoms with E-state index < -0.39 is 0 Å². The number of ether oxygens (including phenoxy) is 2. The smallest absolute Gasteiger partial charge is 0.289 e. The highest BCUT2D eigenvalue weighted by molar-refractivity contribution is 5.91. The molecule has 0 aliphatic carbocycles. The molecule has 0 aromatic carbocycles. The van der Waals surface area contributed by atoms with E-state index in [0.717, 1.165) is 12.8 Å². The van der Waals surface area contributed by atoms with Gasteiger partial charge in [0.25, 0.3) is 11.8 Å². The van der Waals surface area contributed by atoms with Gasteiger partial charge in [0.2, 0.25) is 0 Å². The van der Waals surface area contributed by atoms with Crippen molar-refractivity contribution in [1.82, 2.24) is 15.0 Å². The third kappa shape index (κ3) is 4.21. The number of amides is 1. The zero-order valence-electron chi connectivity index (χ0n) is 13.6. The average molecular weight is 335 g/mol. The molecule has 0 spiro atoms. The lowest BCUT2D eigenvalue weighted by Crippen LogP contribution is -2.43. The van der Waals surface area contributed by atoms with Crippen molar-refractivity contribution in [2.45, 2.75) is 32.0 Å². The van der Waals surface area contributed by atoms with E-state index in [9.17, 15) is 4.79 Å². The molecule has 0 unspecified atom stereocenters. The van der Waals surface area contributed by atoms with Crippen molar-refractivity contribution in [2.24, 2.45) is 0 Å². The van der Waals surface area contributed by atoms with Crippen LogP contribution in [0.15, 0.2) is 27.3 Å². The predicted octanol–water partition coefficient (Wildman–Crippen LogP) is 1.67. The molecule has 0 bridgehead atoms. The Hall–Kier alpha value is -2.19. The lowest BCUT2D eigenvalue weighted by Gasteiger charge is -2.31. The van der Waals surface area contributed by atoms with Crippen molar-refractivity contribution in [1.29, 1.82) is 0 Å². The van der Waals surface area contributed by atoms with E-state index in [-0.39, 0.29) is 18.6 Å². The van der Waals surface area contributed by atoms with Crippen LogP contribution >= 0.6 is 0 Å². The van der Waals surface area contributed by atoms with E-state index >= 15 is 0 Å². The number of likely N-dealkylation sites (tertiary alicyclic amines) is 1. The van der Waals surface area contributed by atoms with E-state index in [1.165, 1.54) is 6.26 Å². The molecular weight excluding hydrogens is 314 g/mol. The Balaban J connectivity index is 1.48. The van der Waals surface area contributed by atoms with Gasteiger partial charge in [-0.25, -0.2) is 0 Å². The maximum atomic E-state index is 12.3. The van der Waals surface area contributed by atoms with Gasteiger partial charge < -0.3 is 23.3 Å². The first-order valence-corrected chi connectivity index (χ1v) is 8.01. The quantitative estimate of drug-likeness (QED) is 0.760. The van der Waals surface area contributed by atoms with Crippen LogP contribution in [0.5, 0.6) is 0 Å². The van der Waals surface area contributed by atoms with Gasteiger partial charge in [-0.05, 0) is 25.0 Å². The normalized spacial score (nSPS) is 18.0. The van der Waals surface area contributed by atoms with Crippen molar-refractivity contribution in [3.05, 3.63) is 35.9 Å². The number of piperidine rings is 1. The maximum absolute atomic E-state index is 12.3. The van der Waals surface area contributed by atoms with E-state index in [1.54, 1.807) is 24.1 Å². The lowest BCUT2D eigenvalue weighted by atomic mass is 10.1. The second kappa shape index (κ2) is 8.07. The summed E-state index contributed by atoms with van der Waals surface area (Å²) >= 11 is 0. The molecule has 8 heteroatoms. The van der Waals surface area contributed by atoms with Crippen LogP contribution in [0, 0.1) is 0 Å². The minimum absolute atomic E-state index is 0.0491. The topological polar surface area (TPSA) is 90.8 Å². The van der Waals surface area contributed by atoms with Crippen molar-refractivity contribution < 1.29 is 23.2 Å². The largest absolute Gasteiger partial charge is 0.459 e. The minimum atomic E-state index is -0.104. The van der Waals surface area contributed by atoms with Gasteiger partial charge in [-0.3, -0.25) is 4.79 Å². The highest BCUT2D eigenvalue weighted by atomic mass is 16.5. The average Bonchev–Trinajstić information content (AvgIpc) is 3.29. The van der Waals surface area contributed by atoms with Crippen LogP contribution in [0.1, 0.15) is 35.1 Å². The molecule has 130 valence electrons. The van der Waals surface area contributed by atoms with Crippen molar-refractivity contribution >= 4 is 5.91 Å². The molecule has 3 heterocycles. The molecule has 0 N–H and O–H groups in total. The maximum Gasteiger partial charge on any atom is 0.289 e. The highest BCUT2D eigenvalue weighted by Gasteiger charge is 2.26. The number of hydrogen-bond donors (Lipinski definition) is 0. The van der Waals surface area contributed by atoms with Crippen LogP contribution in [-0.2, 0) is 22.5 Å². The molecule has 0 saturated carbocycles. The predicted molar refractivity (Wildman–Crippen MR) is 82.3 cm³/mol. The van der Waals surface area contributed by atoms with Gasteiger partial charge in [0.15, 0.2) is 11.6 Å². The first kappa shape index (κ1) is 16.7. The van der Waals surface area contributed by atoms with E-state index in [4.69, 9.17) is 18.4 Å². The van der Waals surface area contributed by atoms with Gasteiger partial charge in [0, 0.05) is 26.6 Å². The number of carbonyl (C=O) groups is 1. The first-order valence-electron chi connectivity index (χ1n) is 8.01. The second-order valence-corrected chi connectivity index (χ2v) is 5.65. The van der Waals surface area contributed by atoms with Gasteiger partial charge in [-0.1, -0.05) is 5.16 Å². The molecule has 2 aromatic rings. The Kier molecular flexibility index (Phi) is 5.60. The molecule has 1 saturated heterocycles. The zero-order chi connectivity index (χ0) is 16.8. The Morgan fingerprint density at radius 2 is 2.42 bits per heavy atom.